The molecule has 6 heteroatoms. The summed E-state index contributed by atoms with van der Waals surface area (Å²) in [4.78, 5) is 0. The summed E-state index contributed by atoms with van der Waals surface area (Å²) in [6, 6.07) is 8.31. The van der Waals surface area contributed by atoms with Crippen molar-refractivity contribution in [2.75, 3.05) is 26.2 Å². The minimum atomic E-state index is -1.01. The Balaban J connectivity index is 1.76. The van der Waals surface area contributed by atoms with Gasteiger partial charge in [0.15, 0.2) is 0 Å². The van der Waals surface area contributed by atoms with E-state index in [0.717, 1.165) is 18.5 Å². The van der Waals surface area contributed by atoms with Gasteiger partial charge in [0.25, 0.3) is 0 Å². The standard InChI is InChI=1S/C16H24O4P2/c1-15(2)9-19-22(20-10-15)14-8-6-5-7-13(14)21-12-17-16(3,4)11-18-21/h5-8H,9-12H2,1-4H3. The van der Waals surface area contributed by atoms with E-state index in [2.05, 4.69) is 39.8 Å². The molecular formula is C16H24O4P2. The molecule has 1 aromatic rings. The van der Waals surface area contributed by atoms with Crippen molar-refractivity contribution in [1.82, 2.24) is 0 Å². The molecule has 1 atom stereocenters. The smallest absolute Gasteiger partial charge is 0.205 e. The fraction of sp³-hybridized carbons (Fsp3) is 0.625. The van der Waals surface area contributed by atoms with Gasteiger partial charge >= 0.3 is 0 Å². The van der Waals surface area contributed by atoms with Crippen molar-refractivity contribution in [3.8, 4) is 0 Å². The Morgan fingerprint density at radius 1 is 0.864 bits per heavy atom. The molecular weight excluding hydrogens is 318 g/mol. The van der Waals surface area contributed by atoms with Gasteiger partial charge in [-0.1, -0.05) is 32.0 Å². The highest BCUT2D eigenvalue weighted by molar-refractivity contribution is 7.65. The second-order valence-corrected chi connectivity index (χ2v) is 10.4. The lowest BCUT2D eigenvalue weighted by Crippen LogP contribution is -2.38. The first kappa shape index (κ1) is 16.8. The number of hydrogen-bond donors (Lipinski definition) is 0. The molecule has 0 bridgehead atoms. The topological polar surface area (TPSA) is 36.9 Å². The fourth-order valence-electron chi connectivity index (χ4n) is 2.20. The zero-order valence-electron chi connectivity index (χ0n) is 13.7. The molecule has 3 rings (SSSR count). The Morgan fingerprint density at radius 3 is 2.09 bits per heavy atom. The van der Waals surface area contributed by atoms with E-state index in [1.165, 1.54) is 5.30 Å². The molecule has 22 heavy (non-hydrogen) atoms. The van der Waals surface area contributed by atoms with E-state index in [9.17, 15) is 0 Å². The number of rotatable bonds is 2. The normalized spacial score (nSPS) is 28.5. The molecule has 2 heterocycles. The molecule has 0 radical (unpaired) electrons. The van der Waals surface area contributed by atoms with Crippen LogP contribution in [0, 0.1) is 5.41 Å². The summed E-state index contributed by atoms with van der Waals surface area (Å²) in [5.41, 5.74) is -0.103. The minimum Gasteiger partial charge on any atom is -0.366 e. The number of benzene rings is 1. The maximum absolute atomic E-state index is 6.09. The van der Waals surface area contributed by atoms with E-state index < -0.39 is 16.5 Å². The second-order valence-electron chi connectivity index (χ2n) is 7.14. The van der Waals surface area contributed by atoms with Crippen LogP contribution in [0.25, 0.3) is 0 Å². The highest BCUT2D eigenvalue weighted by Gasteiger charge is 2.35. The SMILES string of the molecule is CC1(C)COP(c2ccccc2P2COC(C)(C)CO2)OC1. The van der Waals surface area contributed by atoms with Gasteiger partial charge in [0.2, 0.25) is 8.38 Å². The summed E-state index contributed by atoms with van der Waals surface area (Å²) >= 11 is 0. The van der Waals surface area contributed by atoms with Crippen molar-refractivity contribution in [3.63, 3.8) is 0 Å². The molecule has 4 nitrogen and oxygen atoms in total. The first-order chi connectivity index (χ1) is 10.4. The Labute approximate surface area is 135 Å². The van der Waals surface area contributed by atoms with Crippen molar-refractivity contribution in [2.24, 2.45) is 5.41 Å². The summed E-state index contributed by atoms with van der Waals surface area (Å²) in [7, 11) is -1.77. The quantitative estimate of drug-likeness (QED) is 0.771. The highest BCUT2D eigenvalue weighted by atomic mass is 31.2. The average molecular weight is 342 g/mol. The zero-order valence-corrected chi connectivity index (χ0v) is 15.5. The molecule has 0 aliphatic carbocycles. The van der Waals surface area contributed by atoms with Gasteiger partial charge in [-0.05, 0) is 19.9 Å². The lowest BCUT2D eigenvalue weighted by Gasteiger charge is -2.37. The predicted octanol–water partition coefficient (Wildman–Crippen LogP) is 3.50. The van der Waals surface area contributed by atoms with Crippen LogP contribution in [0.4, 0.5) is 0 Å². The monoisotopic (exact) mass is 342 g/mol. The van der Waals surface area contributed by atoms with Crippen LogP contribution in [0.1, 0.15) is 27.7 Å². The third-order valence-electron chi connectivity index (χ3n) is 3.63. The van der Waals surface area contributed by atoms with Crippen molar-refractivity contribution in [1.29, 1.82) is 0 Å². The first-order valence-electron chi connectivity index (χ1n) is 7.56. The maximum atomic E-state index is 6.09. The van der Waals surface area contributed by atoms with Crippen molar-refractivity contribution < 1.29 is 18.3 Å². The molecule has 0 aromatic heterocycles. The van der Waals surface area contributed by atoms with Crippen LogP contribution in [-0.2, 0) is 18.3 Å². The van der Waals surface area contributed by atoms with Crippen LogP contribution >= 0.6 is 16.5 Å². The molecule has 1 aromatic carbocycles. The number of ether oxygens (including phenoxy) is 1. The molecule has 2 aliphatic heterocycles. The van der Waals surface area contributed by atoms with E-state index in [1.54, 1.807) is 0 Å². The summed E-state index contributed by atoms with van der Waals surface area (Å²) in [6.45, 7) is 10.5. The van der Waals surface area contributed by atoms with Gasteiger partial charge < -0.3 is 18.3 Å². The van der Waals surface area contributed by atoms with E-state index in [0.29, 0.717) is 13.0 Å². The second kappa shape index (κ2) is 6.43. The van der Waals surface area contributed by atoms with Gasteiger partial charge in [-0.25, -0.2) is 0 Å². The predicted molar refractivity (Wildman–Crippen MR) is 91.2 cm³/mol. The molecule has 1 unspecified atom stereocenters. The molecule has 0 amide bonds. The largest absolute Gasteiger partial charge is 0.366 e. The third kappa shape index (κ3) is 3.87. The van der Waals surface area contributed by atoms with Crippen LogP contribution in [0.2, 0.25) is 0 Å². The molecule has 2 saturated heterocycles. The van der Waals surface area contributed by atoms with Crippen molar-refractivity contribution in [3.05, 3.63) is 24.3 Å². The van der Waals surface area contributed by atoms with Crippen LogP contribution in [0.15, 0.2) is 24.3 Å². The number of hydrogen-bond acceptors (Lipinski definition) is 4. The maximum Gasteiger partial charge on any atom is 0.205 e. The van der Waals surface area contributed by atoms with Gasteiger partial charge in [-0.3, -0.25) is 0 Å². The van der Waals surface area contributed by atoms with E-state index in [-0.39, 0.29) is 11.0 Å². The molecule has 0 N–H and O–H groups in total. The van der Waals surface area contributed by atoms with E-state index in [4.69, 9.17) is 18.3 Å². The first-order valence-corrected chi connectivity index (χ1v) is 10.2. The third-order valence-corrected chi connectivity index (χ3v) is 7.05. The lowest BCUT2D eigenvalue weighted by molar-refractivity contribution is -0.0443. The Bertz CT molecular complexity index is 466. The van der Waals surface area contributed by atoms with E-state index in [1.807, 2.05) is 12.1 Å². The van der Waals surface area contributed by atoms with Gasteiger partial charge in [0.05, 0.1) is 39.9 Å². The molecule has 2 fully saturated rings. The van der Waals surface area contributed by atoms with Crippen LogP contribution in [-0.4, -0.2) is 31.8 Å². The fourth-order valence-corrected chi connectivity index (χ4v) is 6.40. The summed E-state index contributed by atoms with van der Waals surface area (Å²) in [6.07, 6.45) is 0.633. The van der Waals surface area contributed by atoms with Crippen LogP contribution in [0.5, 0.6) is 0 Å². The summed E-state index contributed by atoms with van der Waals surface area (Å²) in [5, 5.41) is 2.33. The van der Waals surface area contributed by atoms with Crippen LogP contribution < -0.4 is 10.6 Å². The van der Waals surface area contributed by atoms with Gasteiger partial charge in [0, 0.05) is 16.0 Å². The van der Waals surface area contributed by atoms with Crippen molar-refractivity contribution in [2.45, 2.75) is 33.3 Å². The van der Waals surface area contributed by atoms with Crippen LogP contribution in [0.3, 0.4) is 0 Å². The lowest BCUT2D eigenvalue weighted by atomic mass is 9.97. The van der Waals surface area contributed by atoms with Gasteiger partial charge in [-0.2, -0.15) is 0 Å². The highest BCUT2D eigenvalue weighted by Crippen LogP contribution is 2.48. The average Bonchev–Trinajstić information content (AvgIpc) is 2.47. The summed E-state index contributed by atoms with van der Waals surface area (Å²) in [5.74, 6) is 0. The molecule has 2 aliphatic rings. The molecule has 0 saturated carbocycles. The molecule has 122 valence electrons. The van der Waals surface area contributed by atoms with Gasteiger partial charge in [0.1, 0.15) is 0 Å². The van der Waals surface area contributed by atoms with Gasteiger partial charge in [-0.15, -0.1) is 0 Å². The Hall–Kier alpha value is -0.0800. The zero-order chi connectivity index (χ0) is 15.8. The molecule has 0 spiro atoms. The van der Waals surface area contributed by atoms with E-state index >= 15 is 0 Å². The van der Waals surface area contributed by atoms with Crippen molar-refractivity contribution >= 4 is 27.1 Å². The minimum absolute atomic E-state index is 0.0909. The Morgan fingerprint density at radius 2 is 1.50 bits per heavy atom. The Kier molecular flexibility index (Phi) is 4.90. The summed E-state index contributed by atoms with van der Waals surface area (Å²) < 4.78 is 24.0.